The van der Waals surface area contributed by atoms with E-state index in [1.54, 1.807) is 0 Å². The molecule has 0 aromatic heterocycles. The van der Waals surface area contributed by atoms with E-state index < -0.39 is 0 Å². The zero-order chi connectivity index (χ0) is 8.10. The monoisotopic (exact) mass is 175 g/mol. The van der Waals surface area contributed by atoms with Crippen LogP contribution in [0.15, 0.2) is 0 Å². The third-order valence-electron chi connectivity index (χ3n) is 2.26. The van der Waals surface area contributed by atoms with Crippen molar-refractivity contribution >= 4 is 11.8 Å². The van der Waals surface area contributed by atoms with Crippen molar-refractivity contribution in [3.05, 3.63) is 0 Å². The highest BCUT2D eigenvalue weighted by Gasteiger charge is 2.21. The van der Waals surface area contributed by atoms with E-state index in [9.17, 15) is 5.11 Å². The first-order chi connectivity index (χ1) is 5.34. The van der Waals surface area contributed by atoms with E-state index in [-0.39, 0.29) is 6.10 Å². The minimum Gasteiger partial charge on any atom is -0.393 e. The van der Waals surface area contributed by atoms with Crippen LogP contribution in [0.25, 0.3) is 0 Å². The highest BCUT2D eigenvalue weighted by molar-refractivity contribution is 7.98. The molecular weight excluding hydrogens is 158 g/mol. The quantitative estimate of drug-likeness (QED) is 0.662. The van der Waals surface area contributed by atoms with Crippen molar-refractivity contribution in [1.82, 2.24) is 5.32 Å². The lowest BCUT2D eigenvalue weighted by atomic mass is 9.94. The van der Waals surface area contributed by atoms with E-state index in [1.807, 2.05) is 11.8 Å². The van der Waals surface area contributed by atoms with E-state index in [0.29, 0.717) is 5.92 Å². The van der Waals surface area contributed by atoms with Gasteiger partial charge in [0.2, 0.25) is 0 Å². The predicted octanol–water partition coefficient (Wildman–Crippen LogP) is 0.710. The lowest BCUT2D eigenvalue weighted by molar-refractivity contribution is 0.0777. The van der Waals surface area contributed by atoms with Crippen LogP contribution < -0.4 is 5.32 Å². The van der Waals surface area contributed by atoms with Gasteiger partial charge in [0, 0.05) is 6.54 Å². The van der Waals surface area contributed by atoms with E-state index in [0.717, 1.165) is 25.9 Å². The Morgan fingerprint density at radius 2 is 2.45 bits per heavy atom. The molecule has 1 aliphatic rings. The van der Waals surface area contributed by atoms with Gasteiger partial charge in [-0.2, -0.15) is 11.8 Å². The fraction of sp³-hybridized carbons (Fsp3) is 1.00. The fourth-order valence-corrected chi connectivity index (χ4v) is 2.01. The third-order valence-corrected chi connectivity index (χ3v) is 2.90. The summed E-state index contributed by atoms with van der Waals surface area (Å²) < 4.78 is 0. The van der Waals surface area contributed by atoms with Gasteiger partial charge >= 0.3 is 0 Å². The molecule has 1 heterocycles. The summed E-state index contributed by atoms with van der Waals surface area (Å²) in [4.78, 5) is 0. The molecule has 2 nitrogen and oxygen atoms in total. The van der Waals surface area contributed by atoms with Gasteiger partial charge in [0.15, 0.2) is 0 Å². The molecule has 11 heavy (non-hydrogen) atoms. The van der Waals surface area contributed by atoms with Crippen LogP contribution in [0.5, 0.6) is 0 Å². The Morgan fingerprint density at radius 1 is 1.64 bits per heavy atom. The molecule has 0 aromatic rings. The van der Waals surface area contributed by atoms with Crippen molar-refractivity contribution < 1.29 is 5.11 Å². The second-order valence-electron chi connectivity index (χ2n) is 3.10. The number of hydrogen-bond acceptors (Lipinski definition) is 3. The molecule has 1 rings (SSSR count). The minimum absolute atomic E-state index is 0.0524. The van der Waals surface area contributed by atoms with Crippen LogP contribution in [0, 0.1) is 5.92 Å². The van der Waals surface area contributed by atoms with Gasteiger partial charge in [0.25, 0.3) is 0 Å². The molecule has 0 bridgehead atoms. The second kappa shape index (κ2) is 5.01. The first-order valence-corrected chi connectivity index (χ1v) is 5.61. The maximum absolute atomic E-state index is 9.55. The Kier molecular flexibility index (Phi) is 4.26. The summed E-state index contributed by atoms with van der Waals surface area (Å²) in [6, 6.07) is 0. The largest absolute Gasteiger partial charge is 0.393 e. The standard InChI is InChI=1S/C8H17NOS/c1-11-5-3-7-6-9-4-2-8(7)10/h7-10H,2-6H2,1H3. The van der Waals surface area contributed by atoms with Gasteiger partial charge < -0.3 is 10.4 Å². The van der Waals surface area contributed by atoms with Gasteiger partial charge in [-0.1, -0.05) is 0 Å². The van der Waals surface area contributed by atoms with Crippen LogP contribution in [-0.4, -0.2) is 36.3 Å². The van der Waals surface area contributed by atoms with Crippen LogP contribution in [-0.2, 0) is 0 Å². The van der Waals surface area contributed by atoms with Crippen molar-refractivity contribution in [2.75, 3.05) is 25.1 Å². The van der Waals surface area contributed by atoms with Crippen molar-refractivity contribution in [2.45, 2.75) is 18.9 Å². The number of nitrogens with one attached hydrogen (secondary N) is 1. The van der Waals surface area contributed by atoms with E-state index in [2.05, 4.69) is 11.6 Å². The Labute approximate surface area is 72.8 Å². The first-order valence-electron chi connectivity index (χ1n) is 4.22. The molecule has 3 heteroatoms. The van der Waals surface area contributed by atoms with Crippen LogP contribution in [0.3, 0.4) is 0 Å². The summed E-state index contributed by atoms with van der Waals surface area (Å²) in [5.74, 6) is 1.67. The Morgan fingerprint density at radius 3 is 3.09 bits per heavy atom. The molecule has 1 aliphatic heterocycles. The molecule has 0 spiro atoms. The molecule has 1 saturated heterocycles. The lowest BCUT2D eigenvalue weighted by Crippen LogP contribution is -2.40. The van der Waals surface area contributed by atoms with Gasteiger partial charge in [0.1, 0.15) is 0 Å². The summed E-state index contributed by atoms with van der Waals surface area (Å²) in [5.41, 5.74) is 0. The zero-order valence-corrected chi connectivity index (χ0v) is 7.86. The Bertz CT molecular complexity index is 110. The molecular formula is C8H17NOS. The normalized spacial score (nSPS) is 32.2. The van der Waals surface area contributed by atoms with Crippen LogP contribution >= 0.6 is 11.8 Å². The van der Waals surface area contributed by atoms with E-state index in [1.165, 1.54) is 5.75 Å². The average Bonchev–Trinajstić information content (AvgIpc) is 2.03. The highest BCUT2D eigenvalue weighted by atomic mass is 32.2. The van der Waals surface area contributed by atoms with Gasteiger partial charge in [-0.3, -0.25) is 0 Å². The summed E-state index contributed by atoms with van der Waals surface area (Å²) in [7, 11) is 0. The second-order valence-corrected chi connectivity index (χ2v) is 4.09. The van der Waals surface area contributed by atoms with Gasteiger partial charge in [-0.15, -0.1) is 0 Å². The number of hydrogen-bond donors (Lipinski definition) is 2. The topological polar surface area (TPSA) is 32.3 Å². The predicted molar refractivity (Wildman–Crippen MR) is 50.0 cm³/mol. The molecule has 0 amide bonds. The van der Waals surface area contributed by atoms with Crippen LogP contribution in [0.2, 0.25) is 0 Å². The molecule has 2 N–H and O–H groups in total. The van der Waals surface area contributed by atoms with Crippen molar-refractivity contribution in [1.29, 1.82) is 0 Å². The van der Waals surface area contributed by atoms with Gasteiger partial charge in [0.05, 0.1) is 6.10 Å². The number of rotatable bonds is 3. The molecule has 2 unspecified atom stereocenters. The summed E-state index contributed by atoms with van der Waals surface area (Å²) in [6.45, 7) is 1.98. The van der Waals surface area contributed by atoms with E-state index in [4.69, 9.17) is 0 Å². The maximum Gasteiger partial charge on any atom is 0.0592 e. The molecule has 0 saturated carbocycles. The van der Waals surface area contributed by atoms with Crippen molar-refractivity contribution in [3.8, 4) is 0 Å². The number of aliphatic hydroxyl groups excluding tert-OH is 1. The molecule has 1 fully saturated rings. The highest BCUT2D eigenvalue weighted by Crippen LogP contribution is 2.16. The molecule has 2 atom stereocenters. The van der Waals surface area contributed by atoms with Crippen LogP contribution in [0.1, 0.15) is 12.8 Å². The Hall–Kier alpha value is 0.270. The first kappa shape index (κ1) is 9.36. The molecule has 0 aromatic carbocycles. The maximum atomic E-state index is 9.55. The summed E-state index contributed by atoms with van der Waals surface area (Å²) >= 11 is 1.86. The average molecular weight is 175 g/mol. The van der Waals surface area contributed by atoms with Crippen molar-refractivity contribution in [3.63, 3.8) is 0 Å². The van der Waals surface area contributed by atoms with Gasteiger partial charge in [-0.05, 0) is 37.3 Å². The van der Waals surface area contributed by atoms with Crippen molar-refractivity contribution in [2.24, 2.45) is 5.92 Å². The number of thioether (sulfide) groups is 1. The fourth-order valence-electron chi connectivity index (χ4n) is 1.47. The smallest absolute Gasteiger partial charge is 0.0592 e. The SMILES string of the molecule is CSCCC1CNCCC1O. The van der Waals surface area contributed by atoms with Crippen LogP contribution in [0.4, 0.5) is 0 Å². The summed E-state index contributed by atoms with van der Waals surface area (Å²) in [6.07, 6.45) is 4.14. The zero-order valence-electron chi connectivity index (χ0n) is 7.05. The summed E-state index contributed by atoms with van der Waals surface area (Å²) in [5, 5.41) is 12.9. The molecule has 0 aliphatic carbocycles. The Balaban J connectivity index is 2.18. The minimum atomic E-state index is -0.0524. The van der Waals surface area contributed by atoms with E-state index >= 15 is 0 Å². The lowest BCUT2D eigenvalue weighted by Gasteiger charge is -2.28. The molecule has 0 radical (unpaired) electrons. The molecule has 66 valence electrons. The number of piperidine rings is 1. The number of aliphatic hydroxyl groups is 1. The third kappa shape index (κ3) is 3.01. The van der Waals surface area contributed by atoms with Gasteiger partial charge in [-0.25, -0.2) is 0 Å².